The molecule has 0 aliphatic carbocycles. The predicted octanol–water partition coefficient (Wildman–Crippen LogP) is 2.93. The average molecular weight is 407 g/mol. The van der Waals surface area contributed by atoms with Crippen LogP contribution in [0, 0.1) is 10.5 Å². The van der Waals surface area contributed by atoms with E-state index in [-0.39, 0.29) is 21.2 Å². The Labute approximate surface area is 145 Å². The second-order valence-electron chi connectivity index (χ2n) is 6.19. The molecule has 0 amide bonds. The second-order valence-corrected chi connectivity index (χ2v) is 8.43. The number of fused-ring (bicyclic) bond motifs is 2. The summed E-state index contributed by atoms with van der Waals surface area (Å²) in [5, 5.41) is 11.1. The van der Waals surface area contributed by atoms with Crippen molar-refractivity contribution in [1.82, 2.24) is 0 Å². The summed E-state index contributed by atoms with van der Waals surface area (Å²) in [4.78, 5) is 2.35. The van der Waals surface area contributed by atoms with Crippen LogP contribution in [-0.2, 0) is 0 Å². The zero-order valence-corrected chi connectivity index (χ0v) is 15.3. The van der Waals surface area contributed by atoms with Crippen LogP contribution >= 0.6 is 0 Å². The maximum atomic E-state index is 2.40. The first-order chi connectivity index (χ1) is 11.3. The molecule has 0 saturated heterocycles. The van der Waals surface area contributed by atoms with E-state index in [1.54, 1.807) is 3.57 Å². The van der Waals surface area contributed by atoms with Crippen molar-refractivity contribution in [3.8, 4) is 0 Å². The molecule has 0 nitrogen and oxygen atoms in total. The van der Waals surface area contributed by atoms with Crippen molar-refractivity contribution in [2.45, 2.75) is 6.92 Å². The number of hydrogen-bond acceptors (Lipinski definition) is 0. The van der Waals surface area contributed by atoms with Crippen molar-refractivity contribution in [2.75, 3.05) is 4.93 Å². The van der Waals surface area contributed by atoms with E-state index < -0.39 is 0 Å². The first-order valence-electron chi connectivity index (χ1n) is 7.87. The monoisotopic (exact) mass is 407 g/mol. The van der Waals surface area contributed by atoms with Crippen LogP contribution in [0.15, 0.2) is 60.7 Å². The van der Waals surface area contributed by atoms with E-state index >= 15 is 0 Å². The van der Waals surface area contributed by atoms with Gasteiger partial charge in [-0.2, -0.15) is 0 Å². The number of alkyl halides is 1. The van der Waals surface area contributed by atoms with Gasteiger partial charge >= 0.3 is 146 Å². The summed E-state index contributed by atoms with van der Waals surface area (Å²) in [6.45, 7) is 2.29. The van der Waals surface area contributed by atoms with Gasteiger partial charge in [0.25, 0.3) is 0 Å². The van der Waals surface area contributed by atoms with E-state index in [0.717, 1.165) is 0 Å². The zero-order chi connectivity index (χ0) is 15.6. The summed E-state index contributed by atoms with van der Waals surface area (Å²) in [6, 6.07) is 22.8. The van der Waals surface area contributed by atoms with Crippen LogP contribution in [0.1, 0.15) is 5.56 Å². The minimum absolute atomic E-state index is 0.119. The molecule has 0 N–H and O–H groups in total. The molecule has 0 aliphatic rings. The molecule has 0 atom stereocenters. The van der Waals surface area contributed by atoms with Gasteiger partial charge < -0.3 is 0 Å². The molecule has 5 rings (SSSR count). The number of benzene rings is 5. The SMILES string of the molecule is C[I-]c1ccc2c(cc3ccc4cccc5ccc2c3c45)c1C. The van der Waals surface area contributed by atoms with Crippen molar-refractivity contribution in [2.24, 2.45) is 0 Å². The van der Waals surface area contributed by atoms with Gasteiger partial charge in [-0.15, -0.1) is 0 Å². The fraction of sp³-hybridized carbons (Fsp3) is 0.0909. The van der Waals surface area contributed by atoms with Crippen LogP contribution in [-0.4, -0.2) is 4.93 Å². The molecule has 0 bridgehead atoms. The first kappa shape index (κ1) is 13.6. The Morgan fingerprint density at radius 2 is 1.35 bits per heavy atom. The molecule has 1 heteroatoms. The van der Waals surface area contributed by atoms with E-state index in [9.17, 15) is 0 Å². The van der Waals surface area contributed by atoms with Crippen molar-refractivity contribution < 1.29 is 21.2 Å². The molecule has 0 aromatic heterocycles. The Morgan fingerprint density at radius 3 is 2.13 bits per heavy atom. The Bertz CT molecular complexity index is 1190. The topological polar surface area (TPSA) is 0 Å². The molecular formula is C22H16I-. The van der Waals surface area contributed by atoms with Crippen molar-refractivity contribution in [3.05, 3.63) is 69.8 Å². The molecule has 0 radical (unpaired) electrons. The Hall–Kier alpha value is -1.87. The normalized spacial score (nSPS) is 12.3. The summed E-state index contributed by atoms with van der Waals surface area (Å²) < 4.78 is 1.56. The van der Waals surface area contributed by atoms with Crippen LogP contribution in [0.5, 0.6) is 0 Å². The summed E-state index contributed by atoms with van der Waals surface area (Å²) in [5.41, 5.74) is 1.48. The Morgan fingerprint density at radius 1 is 0.652 bits per heavy atom. The average Bonchev–Trinajstić information content (AvgIpc) is 2.60. The van der Waals surface area contributed by atoms with Crippen molar-refractivity contribution >= 4 is 43.1 Å². The molecule has 0 heterocycles. The van der Waals surface area contributed by atoms with Gasteiger partial charge in [-0.3, -0.25) is 0 Å². The van der Waals surface area contributed by atoms with E-state index in [1.807, 2.05) is 0 Å². The van der Waals surface area contributed by atoms with Crippen LogP contribution in [0.25, 0.3) is 43.1 Å². The van der Waals surface area contributed by atoms with Crippen LogP contribution in [0.2, 0.25) is 0 Å². The molecule has 5 aromatic rings. The molecule has 0 spiro atoms. The summed E-state index contributed by atoms with van der Waals surface area (Å²) in [7, 11) is 0. The van der Waals surface area contributed by atoms with Gasteiger partial charge in [0.15, 0.2) is 0 Å². The van der Waals surface area contributed by atoms with Gasteiger partial charge in [-0.25, -0.2) is 0 Å². The van der Waals surface area contributed by atoms with Crippen LogP contribution in [0.4, 0.5) is 0 Å². The van der Waals surface area contributed by atoms with E-state index in [0.29, 0.717) is 0 Å². The molecule has 112 valence electrons. The maximum absolute atomic E-state index is 2.40. The summed E-state index contributed by atoms with van der Waals surface area (Å²) in [6.07, 6.45) is 0. The van der Waals surface area contributed by atoms with E-state index in [1.165, 1.54) is 48.7 Å². The molecule has 0 fully saturated rings. The predicted molar refractivity (Wildman–Crippen MR) is 97.0 cm³/mol. The number of hydrogen-bond donors (Lipinski definition) is 0. The fourth-order valence-corrected chi connectivity index (χ4v) is 5.58. The van der Waals surface area contributed by atoms with Gasteiger partial charge in [-0.1, -0.05) is 0 Å². The second kappa shape index (κ2) is 4.81. The Kier molecular flexibility index (Phi) is 2.84. The van der Waals surface area contributed by atoms with Crippen LogP contribution in [0.3, 0.4) is 0 Å². The summed E-state index contributed by atoms with van der Waals surface area (Å²) >= 11 is 0.119. The zero-order valence-electron chi connectivity index (χ0n) is 13.2. The third-order valence-corrected chi connectivity index (χ3v) is 7.38. The molecule has 0 saturated carbocycles. The standard InChI is InChI=1S/C22H16I/c1-13-19-12-16-7-6-14-4-3-5-15-8-9-18(22(16)21(14)15)17(19)10-11-20(13)23-2/h3-12H,1-2H3/q-1. The van der Waals surface area contributed by atoms with Crippen molar-refractivity contribution in [3.63, 3.8) is 0 Å². The van der Waals surface area contributed by atoms with E-state index in [4.69, 9.17) is 0 Å². The van der Waals surface area contributed by atoms with Gasteiger partial charge in [0, 0.05) is 0 Å². The molecular weight excluding hydrogens is 391 g/mol. The summed E-state index contributed by atoms with van der Waals surface area (Å²) in [5.74, 6) is 0. The van der Waals surface area contributed by atoms with Crippen LogP contribution < -0.4 is 21.2 Å². The van der Waals surface area contributed by atoms with Gasteiger partial charge in [-0.05, 0) is 0 Å². The van der Waals surface area contributed by atoms with Gasteiger partial charge in [0.2, 0.25) is 0 Å². The third kappa shape index (κ3) is 1.77. The first-order valence-corrected chi connectivity index (χ1v) is 11.1. The molecule has 5 aromatic carbocycles. The molecule has 0 unspecified atom stereocenters. The van der Waals surface area contributed by atoms with E-state index in [2.05, 4.69) is 72.5 Å². The quantitative estimate of drug-likeness (QED) is 0.174. The number of aryl methyl sites for hydroxylation is 1. The van der Waals surface area contributed by atoms with Gasteiger partial charge in [0.1, 0.15) is 0 Å². The Balaban J connectivity index is 2.11. The minimum atomic E-state index is 0.119. The van der Waals surface area contributed by atoms with Gasteiger partial charge in [0.05, 0.1) is 0 Å². The molecule has 23 heavy (non-hydrogen) atoms. The third-order valence-electron chi connectivity index (χ3n) is 5.05. The fourth-order valence-electron chi connectivity index (χ4n) is 3.94. The number of rotatable bonds is 1. The molecule has 0 aliphatic heterocycles. The number of halogens is 1. The van der Waals surface area contributed by atoms with Crippen molar-refractivity contribution in [1.29, 1.82) is 0 Å².